The van der Waals surface area contributed by atoms with Gasteiger partial charge in [0.2, 0.25) is 15.9 Å². The summed E-state index contributed by atoms with van der Waals surface area (Å²) in [5.74, 6) is -0.153. The lowest BCUT2D eigenvalue weighted by Crippen LogP contribution is -2.50. The van der Waals surface area contributed by atoms with Gasteiger partial charge in [0.25, 0.3) is 0 Å². The van der Waals surface area contributed by atoms with Gasteiger partial charge in [-0.1, -0.05) is 23.2 Å². The van der Waals surface area contributed by atoms with Crippen LogP contribution in [0, 0.1) is 13.8 Å². The number of aromatic nitrogens is 2. The van der Waals surface area contributed by atoms with E-state index in [1.165, 1.54) is 28.6 Å². The largest absolute Gasteiger partial charge is 0.337 e. The summed E-state index contributed by atoms with van der Waals surface area (Å²) in [5.41, 5.74) is 2.75. The standard InChI is InChI=1S/C19H22Cl2N4O3S/c1-13-16(14(2)23(3)22-13)5-7-19(26)24-8-10-25(11-9-24)29(27,28)15-4-6-17(20)18(21)12-15/h4-7,12H,8-11H2,1-3H3/b7-5+. The predicted molar refractivity (Wildman–Crippen MR) is 114 cm³/mol. The van der Waals surface area contributed by atoms with Gasteiger partial charge in [0.1, 0.15) is 0 Å². The molecule has 7 nitrogen and oxygen atoms in total. The molecule has 1 aliphatic rings. The van der Waals surface area contributed by atoms with Crippen molar-refractivity contribution < 1.29 is 13.2 Å². The van der Waals surface area contributed by atoms with E-state index < -0.39 is 10.0 Å². The number of amides is 1. The van der Waals surface area contributed by atoms with Crippen LogP contribution in [0.5, 0.6) is 0 Å². The van der Waals surface area contributed by atoms with Gasteiger partial charge in [-0.15, -0.1) is 0 Å². The number of aryl methyl sites for hydroxylation is 2. The Hall–Kier alpha value is -1.87. The molecule has 0 saturated carbocycles. The van der Waals surface area contributed by atoms with Crippen molar-refractivity contribution in [1.82, 2.24) is 19.0 Å². The highest BCUT2D eigenvalue weighted by Gasteiger charge is 2.30. The Morgan fingerprint density at radius 1 is 1.10 bits per heavy atom. The van der Waals surface area contributed by atoms with Crippen molar-refractivity contribution in [3.05, 3.63) is 51.3 Å². The first-order valence-electron chi connectivity index (χ1n) is 9.03. The average Bonchev–Trinajstić information content (AvgIpc) is 2.93. The summed E-state index contributed by atoms with van der Waals surface area (Å²) in [5, 5.41) is 4.81. The number of hydrogen-bond donors (Lipinski definition) is 0. The molecule has 1 amide bonds. The molecule has 10 heteroatoms. The summed E-state index contributed by atoms with van der Waals surface area (Å²) in [6.07, 6.45) is 3.28. The molecule has 0 aliphatic carbocycles. The summed E-state index contributed by atoms with van der Waals surface area (Å²) in [6, 6.07) is 4.24. The smallest absolute Gasteiger partial charge is 0.246 e. The van der Waals surface area contributed by atoms with Crippen LogP contribution in [0.15, 0.2) is 29.2 Å². The fourth-order valence-electron chi connectivity index (χ4n) is 3.23. The van der Waals surface area contributed by atoms with E-state index in [9.17, 15) is 13.2 Å². The minimum atomic E-state index is -3.69. The van der Waals surface area contributed by atoms with Gasteiger partial charge < -0.3 is 4.90 Å². The van der Waals surface area contributed by atoms with Gasteiger partial charge in [-0.05, 0) is 38.1 Å². The molecule has 0 N–H and O–H groups in total. The van der Waals surface area contributed by atoms with Crippen molar-refractivity contribution >= 4 is 45.2 Å². The predicted octanol–water partition coefficient (Wildman–Crippen LogP) is 2.89. The Morgan fingerprint density at radius 3 is 2.31 bits per heavy atom. The summed E-state index contributed by atoms with van der Waals surface area (Å²) in [6.45, 7) is 4.89. The molecule has 1 aromatic heterocycles. The number of piperazine rings is 1. The fraction of sp³-hybridized carbons (Fsp3) is 0.368. The van der Waals surface area contributed by atoms with Crippen LogP contribution in [0.2, 0.25) is 10.0 Å². The Kier molecular flexibility index (Phi) is 6.38. The van der Waals surface area contributed by atoms with Crippen LogP contribution in [0.4, 0.5) is 0 Å². The van der Waals surface area contributed by atoms with Gasteiger partial charge >= 0.3 is 0 Å². The SMILES string of the molecule is Cc1nn(C)c(C)c1/C=C/C(=O)N1CCN(S(=O)(=O)c2ccc(Cl)c(Cl)c2)CC1. The number of rotatable bonds is 4. The van der Waals surface area contributed by atoms with Gasteiger partial charge in [-0.25, -0.2) is 8.42 Å². The number of halogens is 2. The quantitative estimate of drug-likeness (QED) is 0.662. The van der Waals surface area contributed by atoms with E-state index in [1.54, 1.807) is 15.7 Å². The molecule has 2 heterocycles. The second-order valence-corrected chi connectivity index (χ2v) is 9.60. The highest BCUT2D eigenvalue weighted by Crippen LogP contribution is 2.27. The molecule has 0 radical (unpaired) electrons. The van der Waals surface area contributed by atoms with E-state index in [0.717, 1.165) is 17.0 Å². The molecular formula is C19H22Cl2N4O3S. The first kappa shape index (κ1) is 21.8. The van der Waals surface area contributed by atoms with Gasteiger partial charge in [-0.2, -0.15) is 9.40 Å². The maximum Gasteiger partial charge on any atom is 0.246 e. The molecule has 0 bridgehead atoms. The molecule has 3 rings (SSSR count). The molecule has 0 unspecified atom stereocenters. The second-order valence-electron chi connectivity index (χ2n) is 6.85. The van der Waals surface area contributed by atoms with Crippen LogP contribution < -0.4 is 0 Å². The Morgan fingerprint density at radius 2 is 1.76 bits per heavy atom. The topological polar surface area (TPSA) is 75.5 Å². The number of nitrogens with zero attached hydrogens (tertiary/aromatic N) is 4. The summed E-state index contributed by atoms with van der Waals surface area (Å²) in [4.78, 5) is 14.3. The van der Waals surface area contributed by atoms with Crippen molar-refractivity contribution in [3.8, 4) is 0 Å². The molecule has 0 spiro atoms. The van der Waals surface area contributed by atoms with Gasteiger partial charge in [0.05, 0.1) is 20.6 Å². The number of carbonyl (C=O) groups excluding carboxylic acids is 1. The average molecular weight is 457 g/mol. The van der Waals surface area contributed by atoms with Crippen molar-refractivity contribution in [3.63, 3.8) is 0 Å². The fourth-order valence-corrected chi connectivity index (χ4v) is 5.04. The maximum atomic E-state index is 12.8. The van der Waals surface area contributed by atoms with Crippen LogP contribution in [-0.4, -0.2) is 59.5 Å². The van der Waals surface area contributed by atoms with Crippen LogP contribution in [0.1, 0.15) is 17.0 Å². The minimum absolute atomic E-state index is 0.0918. The van der Waals surface area contributed by atoms with E-state index in [0.29, 0.717) is 18.1 Å². The van der Waals surface area contributed by atoms with E-state index in [2.05, 4.69) is 5.10 Å². The highest BCUT2D eigenvalue weighted by molar-refractivity contribution is 7.89. The number of sulfonamides is 1. The van der Waals surface area contributed by atoms with Crippen LogP contribution in [0.25, 0.3) is 6.08 Å². The molecular weight excluding hydrogens is 435 g/mol. The molecule has 1 aliphatic heterocycles. The van der Waals surface area contributed by atoms with Crippen LogP contribution in [0.3, 0.4) is 0 Å². The molecule has 1 fully saturated rings. The Balaban J connectivity index is 1.66. The molecule has 29 heavy (non-hydrogen) atoms. The first-order chi connectivity index (χ1) is 13.6. The van der Waals surface area contributed by atoms with Gasteiger partial charge in [0.15, 0.2) is 0 Å². The first-order valence-corrected chi connectivity index (χ1v) is 11.2. The number of carbonyl (C=O) groups is 1. The third-order valence-corrected chi connectivity index (χ3v) is 7.67. The Bertz CT molecular complexity index is 1070. The lowest BCUT2D eigenvalue weighted by molar-refractivity contribution is -0.127. The Labute approximate surface area is 180 Å². The monoisotopic (exact) mass is 456 g/mol. The zero-order valence-corrected chi connectivity index (χ0v) is 18.7. The number of hydrogen-bond acceptors (Lipinski definition) is 4. The van der Waals surface area contributed by atoms with Crippen LogP contribution >= 0.6 is 23.2 Å². The van der Waals surface area contributed by atoms with Crippen LogP contribution in [-0.2, 0) is 21.9 Å². The third-order valence-electron chi connectivity index (χ3n) is 5.04. The van der Waals surface area contributed by atoms with E-state index in [-0.39, 0.29) is 28.9 Å². The summed E-state index contributed by atoms with van der Waals surface area (Å²) < 4.78 is 28.8. The van der Waals surface area contributed by atoms with Crippen molar-refractivity contribution in [2.24, 2.45) is 7.05 Å². The normalized spacial score (nSPS) is 16.0. The number of benzene rings is 1. The molecule has 0 atom stereocenters. The highest BCUT2D eigenvalue weighted by atomic mass is 35.5. The summed E-state index contributed by atoms with van der Waals surface area (Å²) >= 11 is 11.8. The summed E-state index contributed by atoms with van der Waals surface area (Å²) in [7, 11) is -1.83. The van der Waals surface area contributed by atoms with E-state index in [1.807, 2.05) is 20.9 Å². The molecule has 2 aromatic rings. The lowest BCUT2D eigenvalue weighted by atomic mass is 10.2. The van der Waals surface area contributed by atoms with E-state index in [4.69, 9.17) is 23.2 Å². The van der Waals surface area contributed by atoms with Crippen molar-refractivity contribution in [2.45, 2.75) is 18.7 Å². The van der Waals surface area contributed by atoms with Gasteiger partial charge in [0, 0.05) is 50.6 Å². The lowest BCUT2D eigenvalue weighted by Gasteiger charge is -2.33. The zero-order valence-electron chi connectivity index (χ0n) is 16.4. The van der Waals surface area contributed by atoms with E-state index >= 15 is 0 Å². The maximum absolute atomic E-state index is 12.8. The third kappa shape index (κ3) is 4.50. The van der Waals surface area contributed by atoms with Crippen molar-refractivity contribution in [1.29, 1.82) is 0 Å². The molecule has 1 saturated heterocycles. The zero-order chi connectivity index (χ0) is 21.3. The minimum Gasteiger partial charge on any atom is -0.337 e. The van der Waals surface area contributed by atoms with Crippen molar-refractivity contribution in [2.75, 3.05) is 26.2 Å². The molecule has 156 valence electrons. The second kappa shape index (κ2) is 8.47. The van der Waals surface area contributed by atoms with Gasteiger partial charge in [-0.3, -0.25) is 9.48 Å². The molecule has 1 aromatic carbocycles.